The van der Waals surface area contributed by atoms with Gasteiger partial charge in [0, 0.05) is 25.2 Å². The van der Waals surface area contributed by atoms with Crippen LogP contribution < -0.4 is 5.32 Å². The predicted molar refractivity (Wildman–Crippen MR) is 74.7 cm³/mol. The van der Waals surface area contributed by atoms with Crippen molar-refractivity contribution < 1.29 is 19.4 Å². The van der Waals surface area contributed by atoms with E-state index < -0.39 is 6.29 Å². The van der Waals surface area contributed by atoms with Gasteiger partial charge in [-0.15, -0.1) is 0 Å². The Morgan fingerprint density at radius 1 is 1.55 bits per heavy atom. The van der Waals surface area contributed by atoms with Crippen molar-refractivity contribution in [2.24, 2.45) is 11.8 Å². The maximum atomic E-state index is 12.1. The van der Waals surface area contributed by atoms with Crippen LogP contribution in [0.1, 0.15) is 39.5 Å². The van der Waals surface area contributed by atoms with Crippen LogP contribution in [0.4, 0.5) is 0 Å². The van der Waals surface area contributed by atoms with Gasteiger partial charge in [0.2, 0.25) is 6.29 Å². The average Bonchev–Trinajstić information content (AvgIpc) is 3.22. The van der Waals surface area contributed by atoms with E-state index in [1.54, 1.807) is 0 Å². The van der Waals surface area contributed by atoms with Gasteiger partial charge in [-0.05, 0) is 44.6 Å². The number of carbonyl (C=O) groups is 1. The Balaban J connectivity index is 2.01. The molecule has 2 aliphatic rings. The maximum absolute atomic E-state index is 12.1. The molecule has 0 spiro atoms. The third-order valence-electron chi connectivity index (χ3n) is 3.85. The number of allylic oxidation sites excluding steroid dienone is 1. The van der Waals surface area contributed by atoms with E-state index in [1.165, 1.54) is 0 Å². The molecule has 5 heteroatoms. The summed E-state index contributed by atoms with van der Waals surface area (Å²) in [6.45, 7) is 4.70. The Bertz CT molecular complexity index is 365. The van der Waals surface area contributed by atoms with Crippen molar-refractivity contribution in [1.82, 2.24) is 5.32 Å². The Morgan fingerprint density at radius 2 is 2.30 bits per heavy atom. The predicted octanol–water partition coefficient (Wildman–Crippen LogP) is 1.57. The van der Waals surface area contributed by atoms with Gasteiger partial charge < -0.3 is 19.9 Å². The Hall–Kier alpha value is -1.07. The minimum atomic E-state index is -0.397. The highest BCUT2D eigenvalue weighted by molar-refractivity contribution is 5.92. The fraction of sp³-hybridized carbons (Fsp3) is 0.800. The van der Waals surface area contributed by atoms with Crippen molar-refractivity contribution in [3.63, 3.8) is 0 Å². The molecular weight excluding hydrogens is 258 g/mol. The molecule has 0 bridgehead atoms. The third kappa shape index (κ3) is 3.96. The van der Waals surface area contributed by atoms with E-state index in [9.17, 15) is 4.79 Å². The van der Waals surface area contributed by atoms with Crippen LogP contribution in [-0.4, -0.2) is 36.6 Å². The van der Waals surface area contributed by atoms with Crippen LogP contribution in [0.3, 0.4) is 0 Å². The summed E-state index contributed by atoms with van der Waals surface area (Å²) < 4.78 is 11.4. The van der Waals surface area contributed by atoms with Gasteiger partial charge in [0.05, 0.1) is 0 Å². The van der Waals surface area contributed by atoms with Crippen LogP contribution in [0.25, 0.3) is 0 Å². The molecule has 1 heterocycles. The molecule has 3 atom stereocenters. The molecule has 0 aromatic heterocycles. The van der Waals surface area contributed by atoms with E-state index in [4.69, 9.17) is 14.6 Å². The number of hydrogen-bond donors (Lipinski definition) is 2. The van der Waals surface area contributed by atoms with E-state index in [-0.39, 0.29) is 24.3 Å². The Labute approximate surface area is 120 Å². The molecule has 5 nitrogen and oxygen atoms in total. The zero-order valence-corrected chi connectivity index (χ0v) is 12.3. The molecule has 1 aliphatic heterocycles. The Morgan fingerprint density at radius 3 is 2.90 bits per heavy atom. The van der Waals surface area contributed by atoms with Crippen molar-refractivity contribution in [2.45, 2.75) is 51.9 Å². The second-order valence-corrected chi connectivity index (χ2v) is 5.61. The molecule has 0 radical (unpaired) electrons. The molecule has 1 fully saturated rings. The number of rotatable bonds is 7. The van der Waals surface area contributed by atoms with Crippen LogP contribution in [0.15, 0.2) is 11.8 Å². The zero-order valence-electron chi connectivity index (χ0n) is 12.3. The highest BCUT2D eigenvalue weighted by Crippen LogP contribution is 2.32. The summed E-state index contributed by atoms with van der Waals surface area (Å²) in [5.74, 6) is 0.624. The second kappa shape index (κ2) is 7.09. The van der Waals surface area contributed by atoms with Gasteiger partial charge in [0.25, 0.3) is 5.91 Å². The van der Waals surface area contributed by atoms with Gasteiger partial charge in [-0.25, -0.2) is 0 Å². The van der Waals surface area contributed by atoms with Gasteiger partial charge in [0.15, 0.2) is 5.76 Å². The molecule has 20 heavy (non-hydrogen) atoms. The molecule has 0 unspecified atom stereocenters. The number of carbonyl (C=O) groups excluding carboxylic acids is 1. The van der Waals surface area contributed by atoms with E-state index in [1.807, 2.05) is 13.0 Å². The zero-order chi connectivity index (χ0) is 14.5. The summed E-state index contributed by atoms with van der Waals surface area (Å²) in [7, 11) is 0. The smallest absolute Gasteiger partial charge is 0.286 e. The molecule has 0 saturated heterocycles. The van der Waals surface area contributed by atoms with E-state index in [2.05, 4.69) is 12.2 Å². The first-order valence-corrected chi connectivity index (χ1v) is 7.57. The Kier molecular flexibility index (Phi) is 5.43. The van der Waals surface area contributed by atoms with Crippen LogP contribution >= 0.6 is 0 Å². The van der Waals surface area contributed by atoms with Gasteiger partial charge in [-0.2, -0.15) is 0 Å². The molecule has 2 N–H and O–H groups in total. The molecular formula is C15H25NO4. The summed E-state index contributed by atoms with van der Waals surface area (Å²) >= 11 is 0. The molecule has 114 valence electrons. The van der Waals surface area contributed by atoms with Crippen molar-refractivity contribution >= 4 is 5.91 Å². The lowest BCUT2D eigenvalue weighted by molar-refractivity contribution is -0.171. The first-order valence-electron chi connectivity index (χ1n) is 7.57. The first-order chi connectivity index (χ1) is 9.65. The number of amides is 1. The monoisotopic (exact) mass is 283 g/mol. The van der Waals surface area contributed by atoms with E-state index in [0.717, 1.165) is 25.7 Å². The highest BCUT2D eigenvalue weighted by atomic mass is 16.7. The van der Waals surface area contributed by atoms with Gasteiger partial charge in [0.1, 0.15) is 0 Å². The lowest BCUT2D eigenvalue weighted by Gasteiger charge is -2.35. The highest BCUT2D eigenvalue weighted by Gasteiger charge is 2.35. The fourth-order valence-electron chi connectivity index (χ4n) is 2.52. The fourth-order valence-corrected chi connectivity index (χ4v) is 2.52. The van der Waals surface area contributed by atoms with Gasteiger partial charge in [-0.3, -0.25) is 4.79 Å². The number of aliphatic hydroxyl groups is 1. The van der Waals surface area contributed by atoms with Crippen molar-refractivity contribution in [3.8, 4) is 0 Å². The molecule has 1 saturated carbocycles. The molecule has 0 aromatic rings. The normalized spacial score (nSPS) is 29.6. The molecule has 0 aromatic carbocycles. The summed E-state index contributed by atoms with van der Waals surface area (Å²) in [6.07, 6.45) is 5.16. The van der Waals surface area contributed by atoms with E-state index in [0.29, 0.717) is 18.4 Å². The topological polar surface area (TPSA) is 67.8 Å². The third-order valence-corrected chi connectivity index (χ3v) is 3.85. The van der Waals surface area contributed by atoms with Crippen LogP contribution in [0.2, 0.25) is 0 Å². The molecule has 1 amide bonds. The minimum Gasteiger partial charge on any atom is -0.459 e. The van der Waals surface area contributed by atoms with Crippen LogP contribution in [-0.2, 0) is 14.3 Å². The summed E-state index contributed by atoms with van der Waals surface area (Å²) in [4.78, 5) is 12.1. The summed E-state index contributed by atoms with van der Waals surface area (Å²) in [6, 6.07) is 0.319. The minimum absolute atomic E-state index is 0.135. The number of hydrogen-bond acceptors (Lipinski definition) is 4. The van der Waals surface area contributed by atoms with Crippen LogP contribution in [0.5, 0.6) is 0 Å². The maximum Gasteiger partial charge on any atom is 0.286 e. The number of aliphatic hydroxyl groups excluding tert-OH is 1. The average molecular weight is 283 g/mol. The lowest BCUT2D eigenvalue weighted by atomic mass is 9.87. The number of nitrogens with one attached hydrogen (secondary N) is 1. The van der Waals surface area contributed by atoms with Crippen LogP contribution in [0, 0.1) is 11.8 Å². The largest absolute Gasteiger partial charge is 0.459 e. The first kappa shape index (κ1) is 15.3. The van der Waals surface area contributed by atoms with Crippen molar-refractivity contribution in [1.29, 1.82) is 0 Å². The van der Waals surface area contributed by atoms with Gasteiger partial charge in [-0.1, -0.05) is 6.92 Å². The second-order valence-electron chi connectivity index (χ2n) is 5.61. The van der Waals surface area contributed by atoms with E-state index >= 15 is 0 Å². The molecule has 2 rings (SSSR count). The summed E-state index contributed by atoms with van der Waals surface area (Å²) in [5.41, 5.74) is 0. The van der Waals surface area contributed by atoms with Gasteiger partial charge >= 0.3 is 0 Å². The molecule has 1 aliphatic carbocycles. The SMILES string of the molecule is CCO[C@@H]1OC(C(=O)NC2CC2)=C[C@H](C)[C@H]1CCCO. The summed E-state index contributed by atoms with van der Waals surface area (Å²) in [5, 5.41) is 11.9. The van der Waals surface area contributed by atoms with Crippen molar-refractivity contribution in [2.75, 3.05) is 13.2 Å². The lowest BCUT2D eigenvalue weighted by Crippen LogP contribution is -2.39. The number of ether oxygens (including phenoxy) is 2. The standard InChI is InChI=1S/C15H25NO4/c1-3-19-15-12(5-4-8-17)10(2)9-13(20-15)14(18)16-11-6-7-11/h9-12,15,17H,3-8H2,1-2H3,(H,16,18)/t10-,12+,15+/m0/s1. The quantitative estimate of drug-likeness (QED) is 0.744. The van der Waals surface area contributed by atoms with Crippen molar-refractivity contribution in [3.05, 3.63) is 11.8 Å².